The summed E-state index contributed by atoms with van der Waals surface area (Å²) in [4.78, 5) is 11.4. The van der Waals surface area contributed by atoms with Crippen LogP contribution in [-0.2, 0) is 16.0 Å². The first-order valence-electron chi connectivity index (χ1n) is 5.64. The van der Waals surface area contributed by atoms with Crippen molar-refractivity contribution >= 4 is 17.5 Å². The van der Waals surface area contributed by atoms with Crippen LogP contribution in [0.2, 0.25) is 5.02 Å². The van der Waals surface area contributed by atoms with Crippen molar-refractivity contribution < 1.29 is 9.53 Å². The molecule has 1 rings (SSSR count). The number of nitrogens with one attached hydrogen (secondary N) is 1. The Kier molecular flexibility index (Phi) is 6.01. The lowest BCUT2D eigenvalue weighted by molar-refractivity contribution is -0.121. The molecule has 0 aliphatic carbocycles. The van der Waals surface area contributed by atoms with Gasteiger partial charge >= 0.3 is 0 Å². The van der Waals surface area contributed by atoms with Crippen molar-refractivity contribution in [2.24, 2.45) is 0 Å². The second-order valence-electron chi connectivity index (χ2n) is 3.93. The van der Waals surface area contributed by atoms with Gasteiger partial charge in [0.25, 0.3) is 0 Å². The number of aryl methyl sites for hydroxylation is 2. The highest BCUT2D eigenvalue weighted by atomic mass is 35.5. The van der Waals surface area contributed by atoms with Gasteiger partial charge in [-0.2, -0.15) is 0 Å². The lowest BCUT2D eigenvalue weighted by atomic mass is 10.1. The SMILES string of the molecule is COCCNC(=O)CCc1ccc(C)c(Cl)c1. The quantitative estimate of drug-likeness (QED) is 0.793. The molecule has 3 nitrogen and oxygen atoms in total. The third-order valence-electron chi connectivity index (χ3n) is 2.51. The van der Waals surface area contributed by atoms with E-state index in [9.17, 15) is 4.79 Å². The van der Waals surface area contributed by atoms with E-state index in [1.165, 1.54) is 0 Å². The molecule has 0 aliphatic rings. The smallest absolute Gasteiger partial charge is 0.220 e. The third-order valence-corrected chi connectivity index (χ3v) is 2.91. The summed E-state index contributed by atoms with van der Waals surface area (Å²) in [5.41, 5.74) is 2.14. The second kappa shape index (κ2) is 7.30. The van der Waals surface area contributed by atoms with Gasteiger partial charge in [0.1, 0.15) is 0 Å². The standard InChI is InChI=1S/C13H18ClNO2/c1-10-3-4-11(9-12(10)14)5-6-13(16)15-7-8-17-2/h3-4,9H,5-8H2,1-2H3,(H,15,16). The highest BCUT2D eigenvalue weighted by Crippen LogP contribution is 2.17. The minimum Gasteiger partial charge on any atom is -0.383 e. The number of hydrogen-bond acceptors (Lipinski definition) is 2. The maximum Gasteiger partial charge on any atom is 0.220 e. The van der Waals surface area contributed by atoms with Gasteiger partial charge < -0.3 is 10.1 Å². The normalized spacial score (nSPS) is 10.3. The van der Waals surface area contributed by atoms with Crippen LogP contribution in [-0.4, -0.2) is 26.2 Å². The van der Waals surface area contributed by atoms with Gasteiger partial charge in [-0.05, 0) is 30.5 Å². The average molecular weight is 256 g/mol. The van der Waals surface area contributed by atoms with Crippen molar-refractivity contribution in [1.29, 1.82) is 0 Å². The lowest BCUT2D eigenvalue weighted by Gasteiger charge is -2.05. The number of rotatable bonds is 6. The van der Waals surface area contributed by atoms with Gasteiger partial charge in [0.2, 0.25) is 5.91 Å². The summed E-state index contributed by atoms with van der Waals surface area (Å²) in [6.45, 7) is 3.07. The van der Waals surface area contributed by atoms with Crippen molar-refractivity contribution in [3.8, 4) is 0 Å². The first-order chi connectivity index (χ1) is 8.13. The van der Waals surface area contributed by atoms with Crippen molar-refractivity contribution in [2.45, 2.75) is 19.8 Å². The van der Waals surface area contributed by atoms with E-state index in [4.69, 9.17) is 16.3 Å². The minimum absolute atomic E-state index is 0.0405. The molecule has 1 amide bonds. The van der Waals surface area contributed by atoms with Crippen LogP contribution in [0.25, 0.3) is 0 Å². The molecule has 0 radical (unpaired) electrons. The number of halogens is 1. The number of hydrogen-bond donors (Lipinski definition) is 1. The Morgan fingerprint density at radius 3 is 2.88 bits per heavy atom. The minimum atomic E-state index is 0.0405. The molecule has 0 unspecified atom stereocenters. The van der Waals surface area contributed by atoms with E-state index in [0.29, 0.717) is 26.0 Å². The molecule has 0 atom stereocenters. The van der Waals surface area contributed by atoms with E-state index in [2.05, 4.69) is 5.32 Å². The molecule has 17 heavy (non-hydrogen) atoms. The monoisotopic (exact) mass is 255 g/mol. The molecule has 0 saturated heterocycles. The highest BCUT2D eigenvalue weighted by molar-refractivity contribution is 6.31. The van der Waals surface area contributed by atoms with Crippen LogP contribution in [0.4, 0.5) is 0 Å². The van der Waals surface area contributed by atoms with Crippen molar-refractivity contribution in [3.05, 3.63) is 34.3 Å². The Morgan fingerprint density at radius 2 is 2.24 bits per heavy atom. The Hall–Kier alpha value is -1.06. The second-order valence-corrected chi connectivity index (χ2v) is 4.33. The summed E-state index contributed by atoms with van der Waals surface area (Å²) in [5.74, 6) is 0.0405. The number of carbonyl (C=O) groups excluding carboxylic acids is 1. The fourth-order valence-corrected chi connectivity index (χ4v) is 1.63. The van der Waals surface area contributed by atoms with Crippen molar-refractivity contribution in [1.82, 2.24) is 5.32 Å². The number of methoxy groups -OCH3 is 1. The van der Waals surface area contributed by atoms with Crippen molar-refractivity contribution in [3.63, 3.8) is 0 Å². The molecule has 0 heterocycles. The van der Waals surface area contributed by atoms with E-state index in [-0.39, 0.29) is 5.91 Å². The van der Waals surface area contributed by atoms with E-state index in [0.717, 1.165) is 16.1 Å². The molecule has 1 N–H and O–H groups in total. The third kappa shape index (κ3) is 5.20. The zero-order valence-electron chi connectivity index (χ0n) is 10.3. The average Bonchev–Trinajstić information content (AvgIpc) is 2.31. The lowest BCUT2D eigenvalue weighted by Crippen LogP contribution is -2.27. The van der Waals surface area contributed by atoms with Crippen LogP contribution in [0.1, 0.15) is 17.5 Å². The van der Waals surface area contributed by atoms with Crippen LogP contribution in [0.3, 0.4) is 0 Å². The van der Waals surface area contributed by atoms with Gasteiger partial charge in [0.15, 0.2) is 0 Å². The molecule has 0 fully saturated rings. The maximum absolute atomic E-state index is 11.4. The molecule has 4 heteroatoms. The van der Waals surface area contributed by atoms with E-state index in [1.54, 1.807) is 7.11 Å². The van der Waals surface area contributed by atoms with Gasteiger partial charge in [0, 0.05) is 25.1 Å². The summed E-state index contributed by atoms with van der Waals surface area (Å²) in [5, 5.41) is 3.54. The Morgan fingerprint density at radius 1 is 1.47 bits per heavy atom. The van der Waals surface area contributed by atoms with Crippen molar-refractivity contribution in [2.75, 3.05) is 20.3 Å². The summed E-state index contributed by atoms with van der Waals surface area (Å²) >= 11 is 6.01. The van der Waals surface area contributed by atoms with Gasteiger partial charge in [-0.15, -0.1) is 0 Å². The number of amides is 1. The summed E-state index contributed by atoms with van der Waals surface area (Å²) in [6, 6.07) is 5.89. The van der Waals surface area contributed by atoms with Crippen LogP contribution in [0.15, 0.2) is 18.2 Å². The fourth-order valence-electron chi connectivity index (χ4n) is 1.43. The van der Waals surface area contributed by atoms with Crippen LogP contribution in [0, 0.1) is 6.92 Å². The van der Waals surface area contributed by atoms with Gasteiger partial charge in [0.05, 0.1) is 6.61 Å². The molecule has 0 spiro atoms. The molecule has 1 aromatic carbocycles. The number of benzene rings is 1. The summed E-state index contributed by atoms with van der Waals surface area (Å²) in [7, 11) is 1.61. The van der Waals surface area contributed by atoms with Crippen LogP contribution < -0.4 is 5.32 Å². The zero-order chi connectivity index (χ0) is 12.7. The highest BCUT2D eigenvalue weighted by Gasteiger charge is 2.03. The zero-order valence-corrected chi connectivity index (χ0v) is 11.0. The molecule has 0 aliphatic heterocycles. The maximum atomic E-state index is 11.4. The Balaban J connectivity index is 2.34. The van der Waals surface area contributed by atoms with E-state index >= 15 is 0 Å². The first-order valence-corrected chi connectivity index (χ1v) is 6.02. The molecule has 94 valence electrons. The fraction of sp³-hybridized carbons (Fsp3) is 0.462. The first kappa shape index (κ1) is 14.0. The van der Waals surface area contributed by atoms with E-state index < -0.39 is 0 Å². The molecular formula is C13H18ClNO2. The van der Waals surface area contributed by atoms with Crippen LogP contribution in [0.5, 0.6) is 0 Å². The van der Waals surface area contributed by atoms with Crippen LogP contribution >= 0.6 is 11.6 Å². The number of ether oxygens (including phenoxy) is 1. The Bertz CT molecular complexity index is 380. The van der Waals surface area contributed by atoms with Gasteiger partial charge in [-0.3, -0.25) is 4.79 Å². The summed E-state index contributed by atoms with van der Waals surface area (Å²) < 4.78 is 4.85. The predicted molar refractivity (Wildman–Crippen MR) is 69.4 cm³/mol. The van der Waals surface area contributed by atoms with Gasteiger partial charge in [-0.25, -0.2) is 0 Å². The predicted octanol–water partition coefficient (Wildman–Crippen LogP) is 2.34. The molecule has 0 saturated carbocycles. The Labute approximate surface area is 107 Å². The number of carbonyl (C=O) groups is 1. The topological polar surface area (TPSA) is 38.3 Å². The molecule has 0 aromatic heterocycles. The molecule has 1 aromatic rings. The summed E-state index contributed by atoms with van der Waals surface area (Å²) in [6.07, 6.45) is 1.18. The molecular weight excluding hydrogens is 238 g/mol. The van der Waals surface area contributed by atoms with E-state index in [1.807, 2.05) is 25.1 Å². The van der Waals surface area contributed by atoms with Gasteiger partial charge in [-0.1, -0.05) is 23.7 Å². The largest absolute Gasteiger partial charge is 0.383 e. The molecule has 0 bridgehead atoms.